The number of benzene rings is 2. The quantitative estimate of drug-likeness (QED) is 0.642. The lowest BCUT2D eigenvalue weighted by Gasteiger charge is -2.12. The largest absolute Gasteiger partial charge is 0.479 e. The third-order valence-corrected chi connectivity index (χ3v) is 3.61. The summed E-state index contributed by atoms with van der Waals surface area (Å²) < 4.78 is 15.8. The molecule has 0 unspecified atom stereocenters. The first-order valence-corrected chi connectivity index (χ1v) is 7.87. The fraction of sp³-hybridized carbons (Fsp3) is 0.167. The molecule has 0 fully saturated rings. The molecule has 0 aliphatic carbocycles. The van der Waals surface area contributed by atoms with Crippen molar-refractivity contribution in [3.8, 4) is 17.4 Å². The van der Waals surface area contributed by atoms with Crippen LogP contribution in [0.4, 0.5) is 0 Å². The van der Waals surface area contributed by atoms with Crippen molar-refractivity contribution in [3.63, 3.8) is 0 Å². The summed E-state index contributed by atoms with van der Waals surface area (Å²) in [5, 5.41) is 0.583. The van der Waals surface area contributed by atoms with Crippen LogP contribution >= 0.6 is 11.6 Å². The van der Waals surface area contributed by atoms with Gasteiger partial charge >= 0.3 is 5.97 Å². The number of hydrogen-bond donors (Lipinski definition) is 0. The van der Waals surface area contributed by atoms with Crippen molar-refractivity contribution in [2.24, 2.45) is 0 Å². The summed E-state index contributed by atoms with van der Waals surface area (Å²) in [7, 11) is 1.32. The van der Waals surface area contributed by atoms with Gasteiger partial charge in [-0.25, -0.2) is 14.8 Å². The van der Waals surface area contributed by atoms with E-state index < -0.39 is 12.1 Å². The molecule has 1 aromatic heterocycles. The van der Waals surface area contributed by atoms with Gasteiger partial charge in [0.1, 0.15) is 11.5 Å². The van der Waals surface area contributed by atoms with E-state index in [9.17, 15) is 4.79 Å². The van der Waals surface area contributed by atoms with Gasteiger partial charge < -0.3 is 14.2 Å². The van der Waals surface area contributed by atoms with Gasteiger partial charge in [0.15, 0.2) is 6.10 Å². The van der Waals surface area contributed by atoms with E-state index in [1.165, 1.54) is 7.11 Å². The monoisotopic (exact) mass is 358 g/mol. The third-order valence-electron chi connectivity index (χ3n) is 3.37. The van der Waals surface area contributed by atoms with E-state index >= 15 is 0 Å². The Bertz CT molecular complexity index is 899. The van der Waals surface area contributed by atoms with Crippen LogP contribution in [0.5, 0.6) is 17.4 Å². The SMILES string of the molecule is COC(=O)[C@H](C)Oc1ccc(Oc2cnc3ccc(Cl)cc3n2)cc1. The predicted molar refractivity (Wildman–Crippen MR) is 93.2 cm³/mol. The molecule has 0 aliphatic heterocycles. The molecule has 1 atom stereocenters. The number of fused-ring (bicyclic) bond motifs is 1. The van der Waals surface area contributed by atoms with Gasteiger partial charge in [0.2, 0.25) is 5.88 Å². The molecule has 3 aromatic rings. The number of halogens is 1. The van der Waals surface area contributed by atoms with Gasteiger partial charge in [-0.05, 0) is 49.4 Å². The lowest BCUT2D eigenvalue weighted by atomic mass is 10.3. The molecule has 0 radical (unpaired) electrons. The maximum atomic E-state index is 11.4. The topological polar surface area (TPSA) is 70.5 Å². The molecule has 0 saturated heterocycles. The van der Waals surface area contributed by atoms with Gasteiger partial charge in [-0.15, -0.1) is 0 Å². The van der Waals surface area contributed by atoms with Gasteiger partial charge in [-0.2, -0.15) is 0 Å². The zero-order chi connectivity index (χ0) is 17.8. The van der Waals surface area contributed by atoms with Gasteiger partial charge in [-0.3, -0.25) is 0 Å². The Morgan fingerprint density at radius 3 is 2.52 bits per heavy atom. The zero-order valence-corrected chi connectivity index (χ0v) is 14.4. The van der Waals surface area contributed by atoms with Crippen LogP contribution in [0.25, 0.3) is 11.0 Å². The summed E-state index contributed by atoms with van der Waals surface area (Å²) in [6.45, 7) is 1.62. The van der Waals surface area contributed by atoms with Crippen molar-refractivity contribution in [1.82, 2.24) is 9.97 Å². The van der Waals surface area contributed by atoms with Crippen LogP contribution in [0.1, 0.15) is 6.92 Å². The van der Waals surface area contributed by atoms with Crippen LogP contribution in [0.3, 0.4) is 0 Å². The first kappa shape index (κ1) is 17.0. The van der Waals surface area contributed by atoms with Crippen molar-refractivity contribution < 1.29 is 19.0 Å². The molecule has 2 aromatic carbocycles. The molecule has 6 nitrogen and oxygen atoms in total. The summed E-state index contributed by atoms with van der Waals surface area (Å²) in [5.41, 5.74) is 1.38. The Hall–Kier alpha value is -2.86. The van der Waals surface area contributed by atoms with E-state index in [1.807, 2.05) is 0 Å². The van der Waals surface area contributed by atoms with E-state index in [2.05, 4.69) is 14.7 Å². The summed E-state index contributed by atoms with van der Waals surface area (Å²) in [5.74, 6) is 1.01. The fourth-order valence-electron chi connectivity index (χ4n) is 2.14. The minimum absolute atomic E-state index is 0.353. The maximum Gasteiger partial charge on any atom is 0.346 e. The summed E-state index contributed by atoms with van der Waals surface area (Å²) in [6, 6.07) is 12.1. The minimum Gasteiger partial charge on any atom is -0.479 e. The minimum atomic E-state index is -0.687. The summed E-state index contributed by atoms with van der Waals surface area (Å²) >= 11 is 5.97. The van der Waals surface area contributed by atoms with E-state index in [0.29, 0.717) is 27.9 Å². The molecular weight excluding hydrogens is 344 g/mol. The second-order valence-corrected chi connectivity index (χ2v) is 5.63. The average Bonchev–Trinajstić information content (AvgIpc) is 2.62. The highest BCUT2D eigenvalue weighted by molar-refractivity contribution is 6.31. The van der Waals surface area contributed by atoms with Crippen LogP contribution in [-0.2, 0) is 9.53 Å². The van der Waals surface area contributed by atoms with Gasteiger partial charge in [0.25, 0.3) is 0 Å². The molecule has 25 heavy (non-hydrogen) atoms. The van der Waals surface area contributed by atoms with E-state index in [0.717, 1.165) is 5.52 Å². The standard InChI is InChI=1S/C18H15ClN2O4/c1-11(18(22)23-2)24-13-4-6-14(7-5-13)25-17-10-20-15-8-3-12(19)9-16(15)21-17/h3-11H,1-2H3/t11-/m0/s1. The molecule has 0 bridgehead atoms. The predicted octanol–water partition coefficient (Wildman–Crippen LogP) is 4.02. The van der Waals surface area contributed by atoms with Crippen molar-refractivity contribution >= 4 is 28.6 Å². The highest BCUT2D eigenvalue weighted by atomic mass is 35.5. The summed E-state index contributed by atoms with van der Waals surface area (Å²) in [6.07, 6.45) is 0.854. The fourth-order valence-corrected chi connectivity index (χ4v) is 2.31. The van der Waals surface area contributed by atoms with Crippen molar-refractivity contribution in [2.75, 3.05) is 7.11 Å². The van der Waals surface area contributed by atoms with Crippen LogP contribution in [0.15, 0.2) is 48.7 Å². The van der Waals surface area contributed by atoms with Crippen LogP contribution < -0.4 is 9.47 Å². The normalized spacial score (nSPS) is 11.8. The van der Waals surface area contributed by atoms with Crippen LogP contribution in [0, 0.1) is 0 Å². The smallest absolute Gasteiger partial charge is 0.346 e. The number of nitrogens with zero attached hydrogens (tertiary/aromatic N) is 2. The van der Waals surface area contributed by atoms with Crippen molar-refractivity contribution in [3.05, 3.63) is 53.7 Å². The number of rotatable bonds is 5. The van der Waals surface area contributed by atoms with Gasteiger partial charge in [0, 0.05) is 5.02 Å². The molecule has 1 heterocycles. The molecule has 3 rings (SSSR count). The summed E-state index contributed by atoms with van der Waals surface area (Å²) in [4.78, 5) is 20.0. The highest BCUT2D eigenvalue weighted by Crippen LogP contribution is 2.25. The second-order valence-electron chi connectivity index (χ2n) is 5.20. The number of esters is 1. The van der Waals surface area contributed by atoms with Crippen LogP contribution in [0.2, 0.25) is 5.02 Å². The first-order valence-electron chi connectivity index (χ1n) is 7.50. The van der Waals surface area contributed by atoms with E-state index in [4.69, 9.17) is 21.1 Å². The Morgan fingerprint density at radius 2 is 1.80 bits per heavy atom. The lowest BCUT2D eigenvalue weighted by molar-refractivity contribution is -0.147. The van der Waals surface area contributed by atoms with E-state index in [-0.39, 0.29) is 0 Å². The first-order chi connectivity index (χ1) is 12.0. The molecule has 0 aliphatic rings. The zero-order valence-electron chi connectivity index (χ0n) is 13.6. The van der Waals surface area contributed by atoms with Gasteiger partial charge in [-0.1, -0.05) is 11.6 Å². The van der Waals surface area contributed by atoms with Crippen LogP contribution in [-0.4, -0.2) is 29.2 Å². The third kappa shape index (κ3) is 4.16. The Morgan fingerprint density at radius 1 is 1.08 bits per heavy atom. The van der Waals surface area contributed by atoms with Crippen molar-refractivity contribution in [1.29, 1.82) is 0 Å². The lowest BCUT2D eigenvalue weighted by Crippen LogP contribution is -2.24. The Kier molecular flexibility index (Phi) is 5.00. The van der Waals surface area contributed by atoms with E-state index in [1.54, 1.807) is 55.6 Å². The maximum absolute atomic E-state index is 11.4. The molecule has 0 amide bonds. The molecular formula is C18H15ClN2O4. The van der Waals surface area contributed by atoms with Crippen molar-refractivity contribution in [2.45, 2.75) is 13.0 Å². The number of ether oxygens (including phenoxy) is 3. The average molecular weight is 359 g/mol. The molecule has 0 spiro atoms. The Balaban J connectivity index is 1.72. The number of carbonyl (C=O) groups excluding carboxylic acids is 1. The molecule has 0 saturated carbocycles. The number of aromatic nitrogens is 2. The highest BCUT2D eigenvalue weighted by Gasteiger charge is 2.14. The molecule has 128 valence electrons. The second kappa shape index (κ2) is 7.36. The van der Waals surface area contributed by atoms with Gasteiger partial charge in [0.05, 0.1) is 24.3 Å². The number of hydrogen-bond acceptors (Lipinski definition) is 6. The Labute approximate surface area is 149 Å². The number of methoxy groups -OCH3 is 1. The number of carbonyl (C=O) groups is 1. The molecule has 0 N–H and O–H groups in total. The molecule has 7 heteroatoms.